The normalized spacial score (nSPS) is 16.1. The van der Waals surface area contributed by atoms with Gasteiger partial charge in [-0.3, -0.25) is 4.68 Å². The molecule has 0 bridgehead atoms. The van der Waals surface area contributed by atoms with E-state index >= 15 is 0 Å². The molecule has 2 aromatic heterocycles. The second-order valence-electron chi connectivity index (χ2n) is 8.64. The molecular formula is C26H25N5O5. The summed E-state index contributed by atoms with van der Waals surface area (Å²) in [6.07, 6.45) is 3.08. The molecule has 0 radical (unpaired) electrons. The number of hydrogen-bond donors (Lipinski definition) is 0. The second kappa shape index (κ2) is 9.56. The monoisotopic (exact) mass is 487 g/mol. The molecule has 10 heteroatoms. The van der Waals surface area contributed by atoms with Gasteiger partial charge in [-0.15, -0.1) is 0 Å². The summed E-state index contributed by atoms with van der Waals surface area (Å²) in [5.41, 5.74) is 4.01. The van der Waals surface area contributed by atoms with Crippen LogP contribution in [0.5, 0.6) is 11.5 Å². The predicted molar refractivity (Wildman–Crippen MR) is 131 cm³/mol. The highest BCUT2D eigenvalue weighted by molar-refractivity contribution is 5.97. The van der Waals surface area contributed by atoms with Crippen molar-refractivity contribution in [2.75, 3.05) is 46.6 Å². The van der Waals surface area contributed by atoms with Gasteiger partial charge in [0.1, 0.15) is 12.0 Å². The quantitative estimate of drug-likeness (QED) is 0.421. The van der Waals surface area contributed by atoms with E-state index in [1.807, 2.05) is 41.2 Å². The number of benzene rings is 2. The van der Waals surface area contributed by atoms with Gasteiger partial charge in [0.2, 0.25) is 0 Å². The average molecular weight is 488 g/mol. The number of carbonyl (C=O) groups excluding carboxylic acids is 1. The Bertz CT molecular complexity index is 1400. The van der Waals surface area contributed by atoms with Crippen molar-refractivity contribution < 1.29 is 23.7 Å². The third-order valence-electron chi connectivity index (χ3n) is 6.42. The van der Waals surface area contributed by atoms with E-state index < -0.39 is 6.09 Å². The number of methoxy groups -OCH3 is 1. The van der Waals surface area contributed by atoms with Crippen molar-refractivity contribution in [2.45, 2.75) is 6.04 Å². The van der Waals surface area contributed by atoms with E-state index in [2.05, 4.69) is 9.97 Å². The molecule has 4 aromatic rings. The molecule has 2 aliphatic rings. The predicted octanol–water partition coefficient (Wildman–Crippen LogP) is 3.57. The molecular weight excluding hydrogens is 462 g/mol. The van der Waals surface area contributed by atoms with Crippen LogP contribution in [0.3, 0.4) is 0 Å². The zero-order valence-electron chi connectivity index (χ0n) is 19.8. The molecule has 10 nitrogen and oxygen atoms in total. The molecule has 0 atom stereocenters. The third-order valence-corrected chi connectivity index (χ3v) is 6.42. The number of fused-ring (bicyclic) bond motifs is 1. The molecule has 0 N–H and O–H groups in total. The van der Waals surface area contributed by atoms with E-state index in [1.54, 1.807) is 17.0 Å². The molecule has 184 valence electrons. The fourth-order valence-electron chi connectivity index (χ4n) is 4.36. The zero-order valence-corrected chi connectivity index (χ0v) is 19.8. The maximum absolute atomic E-state index is 12.8. The zero-order chi connectivity index (χ0) is 24.5. The van der Waals surface area contributed by atoms with Crippen molar-refractivity contribution in [2.24, 2.45) is 0 Å². The fraction of sp³-hybridized carbons (Fsp3) is 0.308. The lowest BCUT2D eigenvalue weighted by atomic mass is 10.0. The summed E-state index contributed by atoms with van der Waals surface area (Å²) < 4.78 is 24.0. The molecule has 2 saturated heterocycles. The van der Waals surface area contributed by atoms with Crippen LogP contribution < -0.4 is 9.47 Å². The van der Waals surface area contributed by atoms with Crippen molar-refractivity contribution in [3.63, 3.8) is 0 Å². The lowest BCUT2D eigenvalue weighted by Crippen LogP contribution is -2.42. The van der Waals surface area contributed by atoms with Crippen LogP contribution in [0.25, 0.3) is 33.4 Å². The Morgan fingerprint density at radius 1 is 1.00 bits per heavy atom. The molecule has 0 spiro atoms. The topological polar surface area (TPSA) is 101 Å². The van der Waals surface area contributed by atoms with Crippen LogP contribution >= 0.6 is 0 Å². The van der Waals surface area contributed by atoms with Crippen LogP contribution in [0.2, 0.25) is 0 Å². The molecule has 0 saturated carbocycles. The third kappa shape index (κ3) is 4.14. The maximum atomic E-state index is 12.8. The summed E-state index contributed by atoms with van der Waals surface area (Å²) in [7, 11) is 1.54. The Labute approximate surface area is 207 Å². The first-order chi connectivity index (χ1) is 17.7. The van der Waals surface area contributed by atoms with E-state index in [0.29, 0.717) is 62.2 Å². The second-order valence-corrected chi connectivity index (χ2v) is 8.64. The van der Waals surface area contributed by atoms with E-state index in [0.717, 1.165) is 22.2 Å². The van der Waals surface area contributed by atoms with E-state index in [4.69, 9.17) is 24.0 Å². The van der Waals surface area contributed by atoms with E-state index in [1.165, 1.54) is 13.4 Å². The molecule has 36 heavy (non-hydrogen) atoms. The highest BCUT2D eigenvalue weighted by Crippen LogP contribution is 2.39. The van der Waals surface area contributed by atoms with Crippen LogP contribution in [0.4, 0.5) is 4.79 Å². The molecule has 0 unspecified atom stereocenters. The first-order valence-electron chi connectivity index (χ1n) is 11.8. The number of nitrogens with zero attached hydrogens (tertiary/aromatic N) is 5. The van der Waals surface area contributed by atoms with Crippen molar-refractivity contribution in [1.29, 1.82) is 0 Å². The molecule has 2 aliphatic heterocycles. The molecule has 2 fully saturated rings. The van der Waals surface area contributed by atoms with Gasteiger partial charge in [0.25, 0.3) is 0 Å². The van der Waals surface area contributed by atoms with Gasteiger partial charge in [-0.25, -0.2) is 14.8 Å². The first kappa shape index (κ1) is 22.4. The molecule has 6 rings (SSSR count). The summed E-state index contributed by atoms with van der Waals surface area (Å²) >= 11 is 0. The lowest BCUT2D eigenvalue weighted by Gasteiger charge is -2.26. The van der Waals surface area contributed by atoms with Crippen molar-refractivity contribution in [1.82, 2.24) is 24.6 Å². The van der Waals surface area contributed by atoms with Crippen LogP contribution in [0, 0.1) is 0 Å². The van der Waals surface area contributed by atoms with Gasteiger partial charge in [0, 0.05) is 41.9 Å². The van der Waals surface area contributed by atoms with Crippen LogP contribution in [-0.4, -0.2) is 77.4 Å². The Morgan fingerprint density at radius 3 is 2.53 bits per heavy atom. The van der Waals surface area contributed by atoms with E-state index in [9.17, 15) is 4.79 Å². The van der Waals surface area contributed by atoms with Gasteiger partial charge >= 0.3 is 6.09 Å². The lowest BCUT2D eigenvalue weighted by molar-refractivity contribution is -0.0285. The number of amides is 1. The molecule has 0 aliphatic carbocycles. The number of carbonyl (C=O) groups is 1. The summed E-state index contributed by atoms with van der Waals surface area (Å²) in [6.45, 7) is 3.18. The van der Waals surface area contributed by atoms with Crippen molar-refractivity contribution >= 4 is 17.0 Å². The van der Waals surface area contributed by atoms with Gasteiger partial charge in [-0.05, 0) is 6.07 Å². The standard InChI is InChI=1S/C26H25N5O5/c1-33-22-12-21-19(11-23(22)36-26(32)30-7-9-34-10-8-30)25(28-16-27-21)20-13-31(18-14-35-15-18)29-24(20)17-5-3-2-4-6-17/h2-6,11-13,16,18H,7-10,14-15H2,1H3. The van der Waals surface area contributed by atoms with Crippen LogP contribution in [-0.2, 0) is 9.47 Å². The Morgan fingerprint density at radius 2 is 1.81 bits per heavy atom. The van der Waals surface area contributed by atoms with Gasteiger partial charge in [-0.1, -0.05) is 30.3 Å². The minimum absolute atomic E-state index is 0.180. The summed E-state index contributed by atoms with van der Waals surface area (Å²) in [6, 6.07) is 13.7. The number of rotatable bonds is 5. The average Bonchev–Trinajstić information content (AvgIpc) is 3.32. The maximum Gasteiger partial charge on any atom is 0.415 e. The number of morpholine rings is 1. The molecule has 4 heterocycles. The van der Waals surface area contributed by atoms with Gasteiger partial charge in [0.05, 0.1) is 50.8 Å². The van der Waals surface area contributed by atoms with Crippen LogP contribution in [0.1, 0.15) is 6.04 Å². The molecule has 2 aromatic carbocycles. The number of aromatic nitrogens is 4. The Kier molecular flexibility index (Phi) is 5.96. The number of ether oxygens (including phenoxy) is 4. The highest BCUT2D eigenvalue weighted by atomic mass is 16.6. The smallest absolute Gasteiger partial charge is 0.415 e. The summed E-state index contributed by atoms with van der Waals surface area (Å²) in [5, 5.41) is 5.63. The van der Waals surface area contributed by atoms with Gasteiger partial charge < -0.3 is 23.8 Å². The molecule has 1 amide bonds. The first-order valence-corrected chi connectivity index (χ1v) is 11.8. The van der Waals surface area contributed by atoms with Crippen LogP contribution in [0.15, 0.2) is 55.0 Å². The largest absolute Gasteiger partial charge is 0.493 e. The number of hydrogen-bond acceptors (Lipinski definition) is 8. The minimum atomic E-state index is -0.447. The Balaban J connectivity index is 1.46. The highest BCUT2D eigenvalue weighted by Gasteiger charge is 2.26. The van der Waals surface area contributed by atoms with Crippen molar-refractivity contribution in [3.05, 3.63) is 55.0 Å². The Hall–Kier alpha value is -4.02. The summed E-state index contributed by atoms with van der Waals surface area (Å²) in [5.74, 6) is 0.720. The summed E-state index contributed by atoms with van der Waals surface area (Å²) in [4.78, 5) is 23.5. The minimum Gasteiger partial charge on any atom is -0.493 e. The van der Waals surface area contributed by atoms with E-state index in [-0.39, 0.29) is 6.04 Å². The van der Waals surface area contributed by atoms with Gasteiger partial charge in [-0.2, -0.15) is 5.10 Å². The SMILES string of the molecule is COc1cc2ncnc(-c3cn(C4COC4)nc3-c3ccccc3)c2cc1OC(=O)N1CCOCC1. The fourth-order valence-corrected chi connectivity index (χ4v) is 4.36. The van der Waals surface area contributed by atoms with Gasteiger partial charge in [0.15, 0.2) is 11.5 Å². The van der Waals surface area contributed by atoms with Crippen molar-refractivity contribution in [3.8, 4) is 34.0 Å².